The summed E-state index contributed by atoms with van der Waals surface area (Å²) in [6.07, 6.45) is 2.04. The van der Waals surface area contributed by atoms with Crippen molar-refractivity contribution in [3.63, 3.8) is 0 Å². The van der Waals surface area contributed by atoms with Gasteiger partial charge in [0.15, 0.2) is 0 Å². The number of benzene rings is 4. The molecular weight excluding hydrogens is 780 g/mol. The van der Waals surface area contributed by atoms with E-state index in [-0.39, 0.29) is 25.9 Å². The topological polar surface area (TPSA) is 25.8 Å². The quantitative estimate of drug-likeness (QED) is 0.128. The molecule has 0 atom stereocenters. The van der Waals surface area contributed by atoms with Crippen molar-refractivity contribution in [2.45, 2.75) is 39.9 Å². The summed E-state index contributed by atoms with van der Waals surface area (Å²) in [6, 6.07) is 36.3. The van der Waals surface area contributed by atoms with Gasteiger partial charge < -0.3 is 9.97 Å². The molecule has 46 heavy (non-hydrogen) atoms. The van der Waals surface area contributed by atoms with Crippen LogP contribution in [0.4, 0.5) is 4.39 Å². The Bertz CT molecular complexity index is 2210. The smallest absolute Gasteiger partial charge is 0.124 e. The van der Waals surface area contributed by atoms with E-state index >= 15 is 0 Å². The minimum Gasteiger partial charge on any atom is -0.305 e. The zero-order valence-electron chi connectivity index (χ0n) is 28.4. The molecule has 1 radical (unpaired) electrons. The van der Waals surface area contributed by atoms with Crippen LogP contribution in [-0.4, -0.2) is 18.0 Å². The second kappa shape index (κ2) is 14.3. The SMILES string of the molecule is Cc1cc(-c2[c-]cccc2)ncc1[Si](C)(C)C.[2H]C([2H])(c1ccnc(-c2[c-]ccc3c2sc2cc(F)ccc23)c1)c1ccccc1C.[Ir]. The van der Waals surface area contributed by atoms with Crippen LogP contribution in [0.3, 0.4) is 0 Å². The molecule has 7 rings (SSSR count). The summed E-state index contributed by atoms with van der Waals surface area (Å²) in [7, 11) is -1.27. The summed E-state index contributed by atoms with van der Waals surface area (Å²) in [5.41, 5.74) is 6.98. The number of pyridine rings is 2. The molecular formula is C40H35FIrN2SSi-2. The number of hydrogen-bond acceptors (Lipinski definition) is 3. The Morgan fingerprint density at radius 2 is 1.61 bits per heavy atom. The predicted octanol–water partition coefficient (Wildman–Crippen LogP) is 10.4. The van der Waals surface area contributed by atoms with Crippen LogP contribution in [0.1, 0.15) is 25.0 Å². The van der Waals surface area contributed by atoms with Crippen molar-refractivity contribution in [3.05, 3.63) is 150 Å². The van der Waals surface area contributed by atoms with E-state index in [1.807, 2.05) is 61.5 Å². The van der Waals surface area contributed by atoms with Crippen LogP contribution >= 0.6 is 11.3 Å². The van der Waals surface area contributed by atoms with Gasteiger partial charge in [-0.1, -0.05) is 73.1 Å². The number of thiophene rings is 1. The Morgan fingerprint density at radius 1 is 0.804 bits per heavy atom. The average Bonchev–Trinajstić information content (AvgIpc) is 3.43. The number of fused-ring (bicyclic) bond motifs is 3. The molecule has 0 N–H and O–H groups in total. The van der Waals surface area contributed by atoms with Gasteiger partial charge in [0.1, 0.15) is 5.82 Å². The fraction of sp³-hybridized carbons (Fsp3) is 0.150. The van der Waals surface area contributed by atoms with Gasteiger partial charge in [-0.3, -0.25) is 0 Å². The van der Waals surface area contributed by atoms with Crippen LogP contribution in [0, 0.1) is 31.8 Å². The normalized spacial score (nSPS) is 12.1. The van der Waals surface area contributed by atoms with E-state index in [1.54, 1.807) is 30.5 Å². The molecule has 6 heteroatoms. The van der Waals surface area contributed by atoms with Crippen LogP contribution in [-0.2, 0) is 26.5 Å². The van der Waals surface area contributed by atoms with Crippen molar-refractivity contribution >= 4 is 44.8 Å². The maximum atomic E-state index is 13.7. The fourth-order valence-corrected chi connectivity index (χ4v) is 8.40. The van der Waals surface area contributed by atoms with Crippen LogP contribution in [0.25, 0.3) is 42.7 Å². The summed E-state index contributed by atoms with van der Waals surface area (Å²) < 4.78 is 33.1. The van der Waals surface area contributed by atoms with Crippen molar-refractivity contribution in [3.8, 4) is 22.5 Å². The summed E-state index contributed by atoms with van der Waals surface area (Å²) in [5.74, 6) is -0.258. The molecule has 4 aromatic carbocycles. The van der Waals surface area contributed by atoms with E-state index in [1.165, 1.54) is 28.2 Å². The molecule has 0 aliphatic carbocycles. The Kier molecular flexibility index (Phi) is 9.59. The second-order valence-corrected chi connectivity index (χ2v) is 18.2. The van der Waals surface area contributed by atoms with Crippen LogP contribution in [0.5, 0.6) is 0 Å². The first kappa shape index (κ1) is 30.8. The average molecular weight is 817 g/mol. The standard InChI is InChI=1S/C25H17FNS.C15H18NSi.Ir/c1-16-5-2-3-6-18(16)13-17-11-12-27-23(14-17)22-8-4-7-21-20-10-9-19(26)15-24(20)28-25(21)22;1-12-10-14(13-8-6-5-7-9-13)16-11-15(12)17(2,3)4;/h2-7,9-12,14-15H,13H2,1H3;5-8,10-11H,1-4H3;/q2*-1;/i13D2;;. The van der Waals surface area contributed by atoms with Crippen LogP contribution in [0.2, 0.25) is 19.6 Å². The van der Waals surface area contributed by atoms with Gasteiger partial charge in [-0.05, 0) is 81.8 Å². The number of aromatic nitrogens is 2. The number of halogens is 1. The van der Waals surface area contributed by atoms with Gasteiger partial charge in [-0.2, -0.15) is 11.3 Å². The van der Waals surface area contributed by atoms with Crippen LogP contribution < -0.4 is 5.19 Å². The summed E-state index contributed by atoms with van der Waals surface area (Å²) in [4.78, 5) is 9.09. The first-order chi connectivity index (χ1) is 22.4. The molecule has 3 aromatic heterocycles. The van der Waals surface area contributed by atoms with Crippen molar-refractivity contribution < 1.29 is 27.2 Å². The summed E-state index contributed by atoms with van der Waals surface area (Å²) >= 11 is 1.50. The minimum absolute atomic E-state index is 0. The molecule has 0 amide bonds. The zero-order chi connectivity index (χ0) is 33.3. The molecule has 0 spiro atoms. The van der Waals surface area contributed by atoms with E-state index in [9.17, 15) is 4.39 Å². The first-order valence-electron chi connectivity index (χ1n) is 15.9. The molecule has 0 bridgehead atoms. The largest absolute Gasteiger partial charge is 0.305 e. The number of nitrogens with zero attached hydrogens (tertiary/aromatic N) is 2. The summed E-state index contributed by atoms with van der Waals surface area (Å²) in [6.45, 7) is 11.2. The number of rotatable bonds is 5. The number of hydrogen-bond donors (Lipinski definition) is 0. The molecule has 3 heterocycles. The maximum absolute atomic E-state index is 13.7. The van der Waals surface area contributed by atoms with Crippen molar-refractivity contribution in [1.82, 2.24) is 9.97 Å². The first-order valence-corrected chi connectivity index (χ1v) is 19.2. The molecule has 7 aromatic rings. The van der Waals surface area contributed by atoms with Crippen LogP contribution in [0.15, 0.2) is 109 Å². The maximum Gasteiger partial charge on any atom is 0.124 e. The summed E-state index contributed by atoms with van der Waals surface area (Å²) in [5, 5.41) is 3.47. The molecule has 0 saturated heterocycles. The zero-order valence-corrected chi connectivity index (χ0v) is 30.6. The molecule has 0 unspecified atom stereocenters. The third-order valence-electron chi connectivity index (χ3n) is 7.74. The predicted molar refractivity (Wildman–Crippen MR) is 192 cm³/mol. The van der Waals surface area contributed by atoms with E-state index in [0.717, 1.165) is 42.6 Å². The van der Waals surface area contributed by atoms with Gasteiger partial charge in [-0.15, -0.1) is 59.7 Å². The van der Waals surface area contributed by atoms with Gasteiger partial charge in [0.05, 0.1) is 8.07 Å². The van der Waals surface area contributed by atoms with E-state index in [2.05, 4.69) is 67.0 Å². The van der Waals surface area contributed by atoms with Gasteiger partial charge >= 0.3 is 0 Å². The minimum atomic E-state index is -1.65. The van der Waals surface area contributed by atoms with Gasteiger partial charge in [0, 0.05) is 39.9 Å². The number of aryl methyl sites for hydroxylation is 2. The van der Waals surface area contributed by atoms with E-state index < -0.39 is 14.4 Å². The third kappa shape index (κ3) is 7.43. The Labute approximate surface area is 292 Å². The Hall–Kier alpha value is -3.80. The van der Waals surface area contributed by atoms with Gasteiger partial charge in [0.25, 0.3) is 0 Å². The second-order valence-electron chi connectivity index (χ2n) is 12.1. The molecule has 0 fully saturated rings. The molecule has 0 aliphatic rings. The van der Waals surface area contributed by atoms with E-state index in [0.29, 0.717) is 16.8 Å². The van der Waals surface area contributed by atoms with Crippen molar-refractivity contribution in [2.24, 2.45) is 0 Å². The molecule has 2 nitrogen and oxygen atoms in total. The molecule has 233 valence electrons. The Morgan fingerprint density at radius 3 is 2.35 bits per heavy atom. The fourth-order valence-electron chi connectivity index (χ4n) is 5.46. The van der Waals surface area contributed by atoms with Crippen molar-refractivity contribution in [1.29, 1.82) is 0 Å². The molecule has 0 saturated carbocycles. The molecule has 0 aliphatic heterocycles. The monoisotopic (exact) mass is 817 g/mol. The van der Waals surface area contributed by atoms with Gasteiger partial charge in [0.2, 0.25) is 0 Å². The van der Waals surface area contributed by atoms with Crippen molar-refractivity contribution in [2.75, 3.05) is 0 Å². The third-order valence-corrected chi connectivity index (χ3v) is 11.1. The van der Waals surface area contributed by atoms with Gasteiger partial charge in [-0.25, -0.2) is 4.39 Å². The Balaban J connectivity index is 0.000000214. The van der Waals surface area contributed by atoms with E-state index in [4.69, 9.17) is 2.74 Å².